The van der Waals surface area contributed by atoms with Crippen LogP contribution in [0.15, 0.2) is 29.3 Å². The summed E-state index contributed by atoms with van der Waals surface area (Å²) >= 11 is 1.90. The fraction of sp³-hybridized carbons (Fsp3) is 0.588. The number of thioether (sulfide) groups is 1. The third kappa shape index (κ3) is 10.8. The van der Waals surface area contributed by atoms with Crippen molar-refractivity contribution in [3.05, 3.63) is 35.4 Å². The van der Waals surface area contributed by atoms with Gasteiger partial charge in [-0.25, -0.2) is 0 Å². The fourth-order valence-electron chi connectivity index (χ4n) is 2.11. The number of hydrogen-bond acceptors (Lipinski definition) is 3. The van der Waals surface area contributed by atoms with Crippen LogP contribution in [0.3, 0.4) is 0 Å². The second-order valence-corrected chi connectivity index (χ2v) is 6.59. The summed E-state index contributed by atoms with van der Waals surface area (Å²) in [6.45, 7) is 2.75. The van der Waals surface area contributed by atoms with Gasteiger partial charge in [-0.3, -0.25) is 4.99 Å². The number of rotatable bonds is 9. The summed E-state index contributed by atoms with van der Waals surface area (Å²) in [7, 11) is 5.99. The lowest BCUT2D eigenvalue weighted by molar-refractivity contribution is 0.402. The largest absolute Gasteiger partial charge is 0.356 e. The molecule has 0 spiro atoms. The van der Waals surface area contributed by atoms with E-state index < -0.39 is 0 Å². The van der Waals surface area contributed by atoms with Gasteiger partial charge in [-0.2, -0.15) is 11.8 Å². The number of benzene rings is 1. The van der Waals surface area contributed by atoms with Gasteiger partial charge in [0.15, 0.2) is 5.96 Å². The van der Waals surface area contributed by atoms with Gasteiger partial charge in [-0.1, -0.05) is 24.3 Å². The zero-order valence-electron chi connectivity index (χ0n) is 14.8. The predicted octanol–water partition coefficient (Wildman–Crippen LogP) is 3.17. The fourth-order valence-corrected chi connectivity index (χ4v) is 2.61. The molecule has 0 saturated carbocycles. The zero-order valence-corrected chi connectivity index (χ0v) is 17.9. The van der Waals surface area contributed by atoms with E-state index in [0.29, 0.717) is 0 Å². The molecule has 0 bridgehead atoms. The van der Waals surface area contributed by atoms with Crippen LogP contribution in [0.2, 0.25) is 0 Å². The molecule has 0 saturated heterocycles. The van der Waals surface area contributed by atoms with Gasteiger partial charge >= 0.3 is 0 Å². The first-order valence-electron chi connectivity index (χ1n) is 7.81. The number of unbranched alkanes of at least 4 members (excludes halogenated alkanes) is 1. The number of nitrogens with one attached hydrogen (secondary N) is 2. The molecule has 0 radical (unpaired) electrons. The van der Waals surface area contributed by atoms with Crippen molar-refractivity contribution < 1.29 is 0 Å². The van der Waals surface area contributed by atoms with Gasteiger partial charge in [0.2, 0.25) is 0 Å². The van der Waals surface area contributed by atoms with E-state index in [4.69, 9.17) is 0 Å². The molecule has 6 heteroatoms. The first kappa shape index (κ1) is 22.5. The average molecular weight is 450 g/mol. The summed E-state index contributed by atoms with van der Waals surface area (Å²) in [6.07, 6.45) is 4.58. The van der Waals surface area contributed by atoms with Gasteiger partial charge in [0, 0.05) is 26.7 Å². The monoisotopic (exact) mass is 450 g/mol. The summed E-state index contributed by atoms with van der Waals surface area (Å²) in [5.41, 5.74) is 2.61. The molecule has 1 rings (SSSR count). The Hall–Kier alpha value is -0.470. The Labute approximate surface area is 162 Å². The van der Waals surface area contributed by atoms with Crippen LogP contribution in [0, 0.1) is 0 Å². The maximum atomic E-state index is 4.26. The molecule has 0 heterocycles. The van der Waals surface area contributed by atoms with Crippen molar-refractivity contribution >= 4 is 41.7 Å². The van der Waals surface area contributed by atoms with E-state index in [0.717, 1.165) is 25.6 Å². The first-order chi connectivity index (χ1) is 10.7. The van der Waals surface area contributed by atoms with E-state index in [1.165, 1.54) is 29.7 Å². The molecule has 23 heavy (non-hydrogen) atoms. The molecular formula is C17H31IN4S. The van der Waals surface area contributed by atoms with Crippen LogP contribution in [0.1, 0.15) is 24.0 Å². The Balaban J connectivity index is 0.00000484. The van der Waals surface area contributed by atoms with Crippen molar-refractivity contribution in [1.29, 1.82) is 0 Å². The smallest absolute Gasteiger partial charge is 0.191 e. The molecule has 132 valence electrons. The number of nitrogens with zero attached hydrogens (tertiary/aromatic N) is 2. The minimum absolute atomic E-state index is 0. The number of halogens is 1. The highest BCUT2D eigenvalue weighted by atomic mass is 127. The Morgan fingerprint density at radius 3 is 2.30 bits per heavy atom. The van der Waals surface area contributed by atoms with E-state index in [2.05, 4.69) is 65.1 Å². The Kier molecular flexibility index (Phi) is 13.6. The molecule has 1 aromatic rings. The number of aliphatic imine (C=N–C) groups is 1. The third-order valence-electron chi connectivity index (χ3n) is 3.27. The Morgan fingerprint density at radius 2 is 1.74 bits per heavy atom. The van der Waals surface area contributed by atoms with Crippen LogP contribution < -0.4 is 10.6 Å². The van der Waals surface area contributed by atoms with E-state index in [1.807, 2.05) is 18.8 Å². The molecule has 1 aromatic carbocycles. The summed E-state index contributed by atoms with van der Waals surface area (Å²) in [4.78, 5) is 6.44. The van der Waals surface area contributed by atoms with Crippen molar-refractivity contribution in [1.82, 2.24) is 15.5 Å². The highest BCUT2D eigenvalue weighted by Crippen LogP contribution is 2.06. The van der Waals surface area contributed by atoms with Crippen LogP contribution in [0.25, 0.3) is 0 Å². The van der Waals surface area contributed by atoms with Crippen LogP contribution in [0.4, 0.5) is 0 Å². The van der Waals surface area contributed by atoms with Crippen molar-refractivity contribution in [3.8, 4) is 0 Å². The lowest BCUT2D eigenvalue weighted by Crippen LogP contribution is -2.37. The molecule has 0 amide bonds. The van der Waals surface area contributed by atoms with Crippen LogP contribution in [-0.2, 0) is 13.1 Å². The van der Waals surface area contributed by atoms with Gasteiger partial charge in [0.1, 0.15) is 0 Å². The summed E-state index contributed by atoms with van der Waals surface area (Å²) in [5, 5.41) is 6.72. The molecule has 4 nitrogen and oxygen atoms in total. The minimum atomic E-state index is 0. The molecule has 2 N–H and O–H groups in total. The molecular weight excluding hydrogens is 419 g/mol. The van der Waals surface area contributed by atoms with Crippen molar-refractivity contribution in [2.45, 2.75) is 25.9 Å². The highest BCUT2D eigenvalue weighted by molar-refractivity contribution is 14.0. The molecule has 0 unspecified atom stereocenters. The normalized spacial score (nSPS) is 11.3. The van der Waals surface area contributed by atoms with Gasteiger partial charge in [0.25, 0.3) is 0 Å². The zero-order chi connectivity index (χ0) is 16.2. The lowest BCUT2D eigenvalue weighted by Gasteiger charge is -2.13. The second kappa shape index (κ2) is 13.9. The minimum Gasteiger partial charge on any atom is -0.356 e. The van der Waals surface area contributed by atoms with Gasteiger partial charge in [-0.05, 0) is 50.1 Å². The van der Waals surface area contributed by atoms with E-state index >= 15 is 0 Å². The van der Waals surface area contributed by atoms with Gasteiger partial charge < -0.3 is 15.5 Å². The van der Waals surface area contributed by atoms with Gasteiger partial charge in [-0.15, -0.1) is 24.0 Å². The summed E-state index contributed by atoms with van der Waals surface area (Å²) in [5.74, 6) is 2.11. The van der Waals surface area contributed by atoms with Crippen LogP contribution in [-0.4, -0.2) is 50.6 Å². The third-order valence-corrected chi connectivity index (χ3v) is 3.97. The Bertz CT molecular complexity index is 435. The van der Waals surface area contributed by atoms with Crippen molar-refractivity contribution in [3.63, 3.8) is 0 Å². The van der Waals surface area contributed by atoms with Crippen LogP contribution in [0.5, 0.6) is 0 Å². The Morgan fingerprint density at radius 1 is 1.09 bits per heavy atom. The summed E-state index contributed by atoms with van der Waals surface area (Å²) < 4.78 is 0. The molecule has 0 fully saturated rings. The van der Waals surface area contributed by atoms with E-state index in [9.17, 15) is 0 Å². The van der Waals surface area contributed by atoms with Crippen LogP contribution >= 0.6 is 35.7 Å². The molecule has 0 aliphatic carbocycles. The van der Waals surface area contributed by atoms with Gasteiger partial charge in [0.05, 0.1) is 0 Å². The SMILES string of the molecule is CN=C(NCCCCSC)NCc1ccc(CN(C)C)cc1.I. The van der Waals surface area contributed by atoms with Crippen molar-refractivity contribution in [2.75, 3.05) is 39.7 Å². The highest BCUT2D eigenvalue weighted by Gasteiger charge is 1.99. The lowest BCUT2D eigenvalue weighted by atomic mass is 10.1. The number of guanidine groups is 1. The maximum absolute atomic E-state index is 4.26. The topological polar surface area (TPSA) is 39.7 Å². The van der Waals surface area contributed by atoms with E-state index in [-0.39, 0.29) is 24.0 Å². The predicted molar refractivity (Wildman–Crippen MR) is 115 cm³/mol. The average Bonchev–Trinajstić information content (AvgIpc) is 2.51. The maximum Gasteiger partial charge on any atom is 0.191 e. The first-order valence-corrected chi connectivity index (χ1v) is 9.21. The molecule has 0 aliphatic rings. The van der Waals surface area contributed by atoms with E-state index in [1.54, 1.807) is 0 Å². The molecule has 0 atom stereocenters. The molecule has 0 aliphatic heterocycles. The van der Waals surface area contributed by atoms with Crippen molar-refractivity contribution in [2.24, 2.45) is 4.99 Å². The standard InChI is InChI=1S/C17H30N4S.HI/c1-18-17(19-11-5-6-12-22-4)20-13-15-7-9-16(10-8-15)14-21(2)3;/h7-10H,5-6,11-14H2,1-4H3,(H2,18,19,20);1H. The number of hydrogen-bond donors (Lipinski definition) is 2. The summed E-state index contributed by atoms with van der Waals surface area (Å²) in [6, 6.07) is 8.74. The quantitative estimate of drug-likeness (QED) is 0.263. The molecule has 0 aromatic heterocycles. The second-order valence-electron chi connectivity index (χ2n) is 5.61.